The predicted molar refractivity (Wildman–Crippen MR) is 194 cm³/mol. The monoisotopic (exact) mass is 815 g/mol. The lowest BCUT2D eigenvalue weighted by atomic mass is 9.95. The molecule has 0 aromatic heterocycles. The van der Waals surface area contributed by atoms with Crippen LogP contribution in [0.5, 0.6) is 0 Å². The van der Waals surface area contributed by atoms with Crippen molar-refractivity contribution >= 4 is 58.6 Å². The molecule has 0 spiro atoms. The van der Waals surface area contributed by atoms with Crippen LogP contribution < -0.4 is 5.32 Å². The van der Waals surface area contributed by atoms with Gasteiger partial charge in [-0.25, -0.2) is 0 Å². The molecule has 14 nitrogen and oxygen atoms in total. The maximum absolute atomic E-state index is 13.2. The lowest BCUT2D eigenvalue weighted by Gasteiger charge is -2.49. The van der Waals surface area contributed by atoms with Crippen LogP contribution in [0.2, 0.25) is 0 Å². The fraction of sp³-hybridized carbons (Fsp3) is 0.514. The number of halogens is 3. The Hall–Kier alpha value is -3.31. The van der Waals surface area contributed by atoms with E-state index in [4.69, 9.17) is 77.4 Å². The van der Waals surface area contributed by atoms with Crippen molar-refractivity contribution in [3.05, 3.63) is 84.4 Å². The molecule has 0 unspecified atom stereocenters. The quantitative estimate of drug-likeness (QED) is 0.109. The van der Waals surface area contributed by atoms with Crippen molar-refractivity contribution < 1.29 is 61.8 Å². The number of rotatable bonds is 16. The van der Waals surface area contributed by atoms with Crippen molar-refractivity contribution in [3.8, 4) is 0 Å². The Labute approximate surface area is 328 Å². The molecule has 296 valence electrons. The van der Waals surface area contributed by atoms with Gasteiger partial charge in [-0.2, -0.15) is 0 Å². The van der Waals surface area contributed by atoms with Gasteiger partial charge in [0.25, 0.3) is 9.70 Å². The summed E-state index contributed by atoms with van der Waals surface area (Å²) in [6.07, 6.45) is -9.11. The van der Waals surface area contributed by atoms with Crippen molar-refractivity contribution in [1.82, 2.24) is 5.32 Å². The number of alkyl halides is 3. The van der Waals surface area contributed by atoms with Crippen LogP contribution in [-0.4, -0.2) is 102 Å². The van der Waals surface area contributed by atoms with E-state index in [-0.39, 0.29) is 19.8 Å². The molecule has 54 heavy (non-hydrogen) atoms. The van der Waals surface area contributed by atoms with Crippen LogP contribution in [0.3, 0.4) is 0 Å². The molecule has 2 saturated heterocycles. The van der Waals surface area contributed by atoms with Gasteiger partial charge in [-0.3, -0.25) is 19.2 Å². The molecule has 4 rings (SSSR count). The largest absolute Gasteiger partial charge is 0.463 e. The second kappa shape index (κ2) is 20.6. The molecule has 17 heteroatoms. The highest BCUT2D eigenvalue weighted by Gasteiger charge is 2.56. The van der Waals surface area contributed by atoms with E-state index in [9.17, 15) is 19.2 Å². The number of esters is 3. The Kier molecular flexibility index (Phi) is 16.5. The fourth-order valence-corrected chi connectivity index (χ4v) is 6.09. The van der Waals surface area contributed by atoms with E-state index in [1.807, 2.05) is 60.7 Å². The van der Waals surface area contributed by atoms with Gasteiger partial charge >= 0.3 is 17.9 Å². The second-order valence-electron chi connectivity index (χ2n) is 12.4. The van der Waals surface area contributed by atoms with Gasteiger partial charge in [0, 0.05) is 20.8 Å². The molecule has 0 aliphatic carbocycles. The summed E-state index contributed by atoms with van der Waals surface area (Å²) < 4.78 is 52.3. The molecule has 0 bridgehead atoms. The van der Waals surface area contributed by atoms with E-state index in [2.05, 4.69) is 11.9 Å². The fourth-order valence-electron chi connectivity index (χ4n) is 5.93. The van der Waals surface area contributed by atoms with E-state index in [0.717, 1.165) is 31.9 Å². The van der Waals surface area contributed by atoms with Crippen LogP contribution in [0.4, 0.5) is 0 Å². The van der Waals surface area contributed by atoms with Crippen LogP contribution >= 0.6 is 34.8 Å². The summed E-state index contributed by atoms with van der Waals surface area (Å²) in [6.45, 7) is 8.74. The Morgan fingerprint density at radius 3 is 1.81 bits per heavy atom. The molecule has 1 N–H and O–H groups in total. The number of nitrogens with one attached hydrogen (secondary N) is 1. The molecule has 2 aliphatic rings. The van der Waals surface area contributed by atoms with E-state index in [1.165, 1.54) is 6.08 Å². The number of carbonyl (C=O) groups is 4. The second-order valence-corrected chi connectivity index (χ2v) is 14.7. The molecule has 0 radical (unpaired) electrons. The number of benzene rings is 2. The van der Waals surface area contributed by atoms with Gasteiger partial charge < -0.3 is 47.9 Å². The normalized spacial score (nSPS) is 28.4. The molecule has 10 atom stereocenters. The van der Waals surface area contributed by atoms with Crippen LogP contribution in [0.1, 0.15) is 38.8 Å². The number of ether oxygens (including phenoxy) is 9. The molecule has 2 aromatic carbocycles. The van der Waals surface area contributed by atoms with Gasteiger partial charge in [-0.1, -0.05) is 102 Å². The third kappa shape index (κ3) is 12.6. The average molecular weight is 817 g/mol. The predicted octanol–water partition coefficient (Wildman–Crippen LogP) is 4.50. The minimum atomic E-state index is -2.51. The highest BCUT2D eigenvalue weighted by Crippen LogP contribution is 2.36. The molecule has 2 heterocycles. The van der Waals surface area contributed by atoms with Crippen molar-refractivity contribution in [2.75, 3.05) is 13.2 Å². The Morgan fingerprint density at radius 1 is 0.741 bits per heavy atom. The summed E-state index contributed by atoms with van der Waals surface area (Å²) in [5.74, 6) is -3.48. The highest BCUT2D eigenvalue weighted by molar-refractivity contribution is 6.76. The maximum Gasteiger partial charge on any atom is 0.303 e. The summed E-state index contributed by atoms with van der Waals surface area (Å²) in [5, 5.41) is 2.51. The Bertz CT molecular complexity index is 1550. The molecule has 2 fully saturated rings. The van der Waals surface area contributed by atoms with Crippen molar-refractivity contribution in [3.63, 3.8) is 0 Å². The van der Waals surface area contributed by atoms with E-state index < -0.39 is 95.6 Å². The maximum atomic E-state index is 13.2. The molecular formula is C37H44Cl3NO13. The smallest absolute Gasteiger partial charge is 0.303 e. The average Bonchev–Trinajstić information content (AvgIpc) is 3.11. The molecule has 1 amide bonds. The first kappa shape index (κ1) is 43.4. The van der Waals surface area contributed by atoms with Crippen LogP contribution in [0.15, 0.2) is 73.3 Å². The summed E-state index contributed by atoms with van der Waals surface area (Å²) in [5.41, 5.74) is 1.72. The standard InChI is InChI=1S/C37H44Cl3NO13/c1-6-17-46-35-33(32(49-19-26-15-11-8-12-16-26)29(21(2)50-35)48-18-25-13-9-7-10-14-25)54-34-28(41-36(45)37(38,39)40)31(52-24(5)44)30(51-23(4)43)27(53-34)20-47-22(3)42/h6-16,21,27-35H,1,17-20H2,2-5H3,(H,41,45)/t21-,27+,28+,29-,30+,31+,32+,33+,34-,35+/m0/s1. The zero-order chi connectivity index (χ0) is 39.4. The van der Waals surface area contributed by atoms with E-state index in [0.29, 0.717) is 0 Å². The summed E-state index contributed by atoms with van der Waals surface area (Å²) in [6, 6.07) is 17.3. The van der Waals surface area contributed by atoms with Gasteiger partial charge in [0.1, 0.15) is 37.1 Å². The number of amides is 1. The summed E-state index contributed by atoms with van der Waals surface area (Å²) >= 11 is 17.9. The molecular weight excluding hydrogens is 773 g/mol. The summed E-state index contributed by atoms with van der Waals surface area (Å²) in [7, 11) is 0. The lowest BCUT2D eigenvalue weighted by molar-refractivity contribution is -0.359. The van der Waals surface area contributed by atoms with E-state index >= 15 is 0 Å². The van der Waals surface area contributed by atoms with Crippen molar-refractivity contribution in [2.24, 2.45) is 0 Å². The molecule has 0 saturated carbocycles. The van der Waals surface area contributed by atoms with Crippen molar-refractivity contribution in [2.45, 2.75) is 106 Å². The minimum absolute atomic E-state index is 0.0246. The van der Waals surface area contributed by atoms with Gasteiger partial charge in [0.2, 0.25) is 0 Å². The molecule has 2 aromatic rings. The molecule has 2 aliphatic heterocycles. The van der Waals surface area contributed by atoms with Gasteiger partial charge in [-0.15, -0.1) is 6.58 Å². The third-order valence-electron chi connectivity index (χ3n) is 8.22. The number of hydrogen-bond donors (Lipinski definition) is 1. The van der Waals surface area contributed by atoms with E-state index in [1.54, 1.807) is 6.92 Å². The Morgan fingerprint density at radius 2 is 1.30 bits per heavy atom. The van der Waals surface area contributed by atoms with Crippen LogP contribution in [0, 0.1) is 0 Å². The number of carbonyl (C=O) groups excluding carboxylic acids is 4. The van der Waals surface area contributed by atoms with Crippen LogP contribution in [-0.2, 0) is 75.0 Å². The third-order valence-corrected chi connectivity index (χ3v) is 8.74. The highest BCUT2D eigenvalue weighted by atomic mass is 35.6. The first-order chi connectivity index (χ1) is 25.7. The zero-order valence-electron chi connectivity index (χ0n) is 30.1. The first-order valence-corrected chi connectivity index (χ1v) is 18.2. The van der Waals surface area contributed by atoms with Gasteiger partial charge in [0.05, 0.1) is 25.9 Å². The lowest BCUT2D eigenvalue weighted by Crippen LogP contribution is -2.69. The van der Waals surface area contributed by atoms with Crippen molar-refractivity contribution in [1.29, 1.82) is 0 Å². The topological polar surface area (TPSA) is 163 Å². The van der Waals surface area contributed by atoms with Gasteiger partial charge in [0.15, 0.2) is 24.8 Å². The van der Waals surface area contributed by atoms with Gasteiger partial charge in [-0.05, 0) is 18.1 Å². The summed E-state index contributed by atoms with van der Waals surface area (Å²) in [4.78, 5) is 50.0. The zero-order valence-corrected chi connectivity index (χ0v) is 32.4. The Balaban J connectivity index is 1.81. The number of hydrogen-bond acceptors (Lipinski definition) is 13. The van der Waals surface area contributed by atoms with Crippen LogP contribution in [0.25, 0.3) is 0 Å². The first-order valence-electron chi connectivity index (χ1n) is 17.0. The SMILES string of the molecule is C=CCO[C@@H]1O[C@@H](C)[C@H](OCc2ccccc2)[C@@H](OCc2ccccc2)[C@H]1O[C@@H]1O[C@H](COC(C)=O)[C@@H](OC(C)=O)[C@H](OC(C)=O)[C@H]1NC(=O)C(Cl)(Cl)Cl. The minimum Gasteiger partial charge on any atom is -0.463 e.